The third-order valence-electron chi connectivity index (χ3n) is 5.41. The van der Waals surface area contributed by atoms with Crippen molar-refractivity contribution in [2.45, 2.75) is 59.4 Å². The number of rotatable bonds is 2. The van der Waals surface area contributed by atoms with Crippen LogP contribution in [0.2, 0.25) is 0 Å². The summed E-state index contributed by atoms with van der Waals surface area (Å²) in [7, 11) is 2.04. The second-order valence-electron chi connectivity index (χ2n) is 6.69. The van der Waals surface area contributed by atoms with Gasteiger partial charge in [0.15, 0.2) is 0 Å². The van der Waals surface area contributed by atoms with Gasteiger partial charge in [-0.25, -0.2) is 0 Å². The van der Waals surface area contributed by atoms with Crippen molar-refractivity contribution in [3.8, 4) is 0 Å². The van der Waals surface area contributed by atoms with Crippen molar-refractivity contribution in [3.05, 3.63) is 17.0 Å². The van der Waals surface area contributed by atoms with Gasteiger partial charge in [0.25, 0.3) is 0 Å². The predicted octanol–water partition coefficient (Wildman–Crippen LogP) is 4.79. The molecule has 0 aromatic rings. The molecule has 0 saturated heterocycles. The Hall–Kier alpha value is -0.300. The van der Waals surface area contributed by atoms with Gasteiger partial charge in [-0.2, -0.15) is 7.05 Å². The van der Waals surface area contributed by atoms with Crippen LogP contribution in [0.3, 0.4) is 0 Å². The van der Waals surface area contributed by atoms with Crippen LogP contribution in [0.4, 0.5) is 0 Å². The standard InChI is InChI=1S/C16H28N/c1-11(2)14-7-6-13(4)16(15(14)17-5)9-8-12(3)10-16/h10-11,13-15H,6-9H2,1-5H3/q-1/t13-,14+,15-,16?/m1/s1. The molecule has 0 heterocycles. The Morgan fingerprint density at radius 1 is 1.35 bits per heavy atom. The van der Waals surface area contributed by atoms with Gasteiger partial charge in [-0.3, -0.25) is 0 Å². The van der Waals surface area contributed by atoms with Crippen LogP contribution >= 0.6 is 0 Å². The van der Waals surface area contributed by atoms with E-state index in [4.69, 9.17) is 5.32 Å². The van der Waals surface area contributed by atoms with E-state index >= 15 is 0 Å². The molecule has 1 spiro atoms. The molecular formula is C16H28N-. The Balaban J connectivity index is 2.33. The molecule has 0 aliphatic heterocycles. The first kappa shape index (κ1) is 13.1. The Labute approximate surface area is 107 Å². The summed E-state index contributed by atoms with van der Waals surface area (Å²) in [5.41, 5.74) is 1.99. The normalized spacial score (nSPS) is 42.2. The molecule has 0 bridgehead atoms. The molecule has 1 heteroatoms. The molecular weight excluding hydrogens is 206 g/mol. The van der Waals surface area contributed by atoms with Gasteiger partial charge >= 0.3 is 0 Å². The summed E-state index contributed by atoms with van der Waals surface area (Å²) in [6.45, 7) is 9.49. The van der Waals surface area contributed by atoms with Gasteiger partial charge in [0, 0.05) is 0 Å². The minimum absolute atomic E-state index is 0.395. The second-order valence-corrected chi connectivity index (χ2v) is 6.69. The average molecular weight is 234 g/mol. The highest BCUT2D eigenvalue weighted by atomic mass is 14.9. The summed E-state index contributed by atoms with van der Waals surface area (Å²) in [4.78, 5) is 0. The summed E-state index contributed by atoms with van der Waals surface area (Å²) in [5, 5.41) is 4.83. The molecule has 1 unspecified atom stereocenters. The van der Waals surface area contributed by atoms with E-state index in [1.807, 2.05) is 7.05 Å². The molecule has 2 aliphatic rings. The topological polar surface area (TPSA) is 14.1 Å². The molecule has 0 N–H and O–H groups in total. The van der Waals surface area contributed by atoms with Crippen molar-refractivity contribution < 1.29 is 0 Å². The summed E-state index contributed by atoms with van der Waals surface area (Å²) >= 11 is 0. The van der Waals surface area contributed by atoms with Crippen molar-refractivity contribution in [2.75, 3.05) is 7.05 Å². The van der Waals surface area contributed by atoms with Crippen LogP contribution in [-0.4, -0.2) is 13.1 Å². The lowest BCUT2D eigenvalue weighted by Gasteiger charge is -2.57. The molecule has 0 radical (unpaired) electrons. The van der Waals surface area contributed by atoms with E-state index in [2.05, 4.69) is 33.8 Å². The first-order valence-electron chi connectivity index (χ1n) is 7.28. The third-order valence-corrected chi connectivity index (χ3v) is 5.41. The van der Waals surface area contributed by atoms with Gasteiger partial charge in [-0.15, -0.1) is 6.04 Å². The minimum Gasteiger partial charge on any atom is -0.661 e. The number of nitrogens with zero attached hydrogens (tertiary/aromatic N) is 1. The van der Waals surface area contributed by atoms with Crippen molar-refractivity contribution >= 4 is 0 Å². The van der Waals surface area contributed by atoms with E-state index in [0.717, 1.165) is 17.8 Å². The number of allylic oxidation sites excluding steroid dienone is 1. The fourth-order valence-corrected chi connectivity index (χ4v) is 4.33. The van der Waals surface area contributed by atoms with Gasteiger partial charge in [-0.1, -0.05) is 44.8 Å². The highest BCUT2D eigenvalue weighted by molar-refractivity contribution is 5.25. The zero-order chi connectivity index (χ0) is 12.6. The van der Waals surface area contributed by atoms with Crippen molar-refractivity contribution in [1.82, 2.24) is 0 Å². The summed E-state index contributed by atoms with van der Waals surface area (Å²) in [6.07, 6.45) is 7.98. The SMILES string of the molecule is C[N-][C@@H]1[C@H](C(C)C)CC[C@@H](C)C12C=C(C)CC2. The van der Waals surface area contributed by atoms with Crippen LogP contribution in [-0.2, 0) is 0 Å². The first-order chi connectivity index (χ1) is 8.01. The van der Waals surface area contributed by atoms with Gasteiger partial charge in [0.05, 0.1) is 0 Å². The van der Waals surface area contributed by atoms with Gasteiger partial charge in [-0.05, 0) is 43.4 Å². The van der Waals surface area contributed by atoms with Gasteiger partial charge < -0.3 is 5.32 Å². The maximum atomic E-state index is 4.83. The fourth-order valence-electron chi connectivity index (χ4n) is 4.33. The lowest BCUT2D eigenvalue weighted by molar-refractivity contribution is 0.0788. The molecule has 0 aromatic heterocycles. The molecule has 0 aromatic carbocycles. The van der Waals surface area contributed by atoms with Gasteiger partial charge in [0.1, 0.15) is 0 Å². The maximum absolute atomic E-state index is 4.83. The molecule has 1 saturated carbocycles. The van der Waals surface area contributed by atoms with Crippen LogP contribution in [0.1, 0.15) is 53.4 Å². The zero-order valence-corrected chi connectivity index (χ0v) is 12.2. The zero-order valence-electron chi connectivity index (χ0n) is 12.2. The van der Waals surface area contributed by atoms with Crippen molar-refractivity contribution in [1.29, 1.82) is 0 Å². The Kier molecular flexibility index (Phi) is 3.68. The Morgan fingerprint density at radius 2 is 2.06 bits per heavy atom. The molecule has 1 nitrogen and oxygen atoms in total. The Morgan fingerprint density at radius 3 is 2.53 bits per heavy atom. The van der Waals surface area contributed by atoms with Crippen LogP contribution in [0.5, 0.6) is 0 Å². The maximum Gasteiger partial charge on any atom is -0.0244 e. The fraction of sp³-hybridized carbons (Fsp3) is 0.875. The smallest absolute Gasteiger partial charge is 0.0244 e. The molecule has 2 rings (SSSR count). The summed E-state index contributed by atoms with van der Waals surface area (Å²) in [5.74, 6) is 2.37. The average Bonchev–Trinajstić information content (AvgIpc) is 2.65. The summed E-state index contributed by atoms with van der Waals surface area (Å²) in [6, 6.07) is 0.559. The van der Waals surface area contributed by atoms with E-state index in [-0.39, 0.29) is 0 Å². The highest BCUT2D eigenvalue weighted by Gasteiger charge is 2.45. The molecule has 1 fully saturated rings. The molecule has 2 aliphatic carbocycles. The van der Waals surface area contributed by atoms with Crippen molar-refractivity contribution in [3.63, 3.8) is 0 Å². The van der Waals surface area contributed by atoms with E-state index in [0.29, 0.717) is 11.5 Å². The first-order valence-corrected chi connectivity index (χ1v) is 7.28. The van der Waals surface area contributed by atoms with Gasteiger partial charge in [0.2, 0.25) is 0 Å². The molecule has 4 atom stereocenters. The van der Waals surface area contributed by atoms with E-state index < -0.39 is 0 Å². The van der Waals surface area contributed by atoms with E-state index in [9.17, 15) is 0 Å². The molecule has 98 valence electrons. The minimum atomic E-state index is 0.395. The lowest BCUT2D eigenvalue weighted by Crippen LogP contribution is -2.47. The van der Waals surface area contributed by atoms with Crippen LogP contribution in [0.15, 0.2) is 11.6 Å². The second kappa shape index (κ2) is 4.76. The quantitative estimate of drug-likeness (QED) is 0.610. The monoisotopic (exact) mass is 234 g/mol. The van der Waals surface area contributed by atoms with Crippen LogP contribution < -0.4 is 0 Å². The Bertz CT molecular complexity index is 305. The largest absolute Gasteiger partial charge is 0.661 e. The van der Waals surface area contributed by atoms with E-state index in [1.165, 1.54) is 25.7 Å². The lowest BCUT2D eigenvalue weighted by atomic mass is 9.58. The van der Waals surface area contributed by atoms with Crippen molar-refractivity contribution in [2.24, 2.45) is 23.2 Å². The summed E-state index contributed by atoms with van der Waals surface area (Å²) < 4.78 is 0. The highest BCUT2D eigenvalue weighted by Crippen LogP contribution is 2.55. The molecule has 0 amide bonds. The molecule has 17 heavy (non-hydrogen) atoms. The number of hydrogen-bond donors (Lipinski definition) is 0. The number of hydrogen-bond acceptors (Lipinski definition) is 0. The van der Waals surface area contributed by atoms with E-state index in [1.54, 1.807) is 5.57 Å². The van der Waals surface area contributed by atoms with Crippen LogP contribution in [0, 0.1) is 23.2 Å². The predicted molar refractivity (Wildman–Crippen MR) is 75.2 cm³/mol. The van der Waals surface area contributed by atoms with Crippen LogP contribution in [0.25, 0.3) is 5.32 Å². The third kappa shape index (κ3) is 2.07.